The number of likely N-dealkylation sites (tertiary alicyclic amines) is 1. The average molecular weight is 391 g/mol. The van der Waals surface area contributed by atoms with Crippen LogP contribution >= 0.6 is 0 Å². The van der Waals surface area contributed by atoms with Crippen LogP contribution in [0.15, 0.2) is 42.6 Å². The van der Waals surface area contributed by atoms with Crippen LogP contribution in [-0.4, -0.2) is 41.3 Å². The van der Waals surface area contributed by atoms with Crippen LogP contribution < -0.4 is 10.1 Å². The second-order valence-electron chi connectivity index (χ2n) is 7.34. The summed E-state index contributed by atoms with van der Waals surface area (Å²) in [4.78, 5) is 18.7. The fraction of sp³-hybridized carbons (Fsp3) is 0.400. The molecule has 1 N–H and O–H groups in total. The molecule has 0 aliphatic carbocycles. The summed E-state index contributed by atoms with van der Waals surface area (Å²) in [5, 5.41) is 3.46. The van der Waals surface area contributed by atoms with Gasteiger partial charge in [0.05, 0.1) is 11.7 Å². The molecule has 2 saturated heterocycles. The van der Waals surface area contributed by atoms with Gasteiger partial charge >= 0.3 is 6.36 Å². The summed E-state index contributed by atoms with van der Waals surface area (Å²) in [5.74, 6) is -0.149. The number of aromatic nitrogens is 1. The number of carbonyl (C=O) groups excluding carboxylic acids is 1. The Hall–Kier alpha value is -2.61. The molecule has 1 spiro atoms. The fourth-order valence-corrected chi connectivity index (χ4v) is 4.08. The maximum Gasteiger partial charge on any atom is 0.573 e. The molecule has 1 aromatic heterocycles. The van der Waals surface area contributed by atoms with Crippen molar-refractivity contribution in [2.24, 2.45) is 0 Å². The van der Waals surface area contributed by atoms with E-state index in [1.807, 2.05) is 6.07 Å². The molecule has 2 aliphatic heterocycles. The standard InChI is InChI=1S/C20H20F3N3O2/c1-26-10-8-19(18(26)27)7-5-16(25-19)17-12-14(6-9-24-17)13-3-2-4-15(11-13)28-20(21,22)23/h2-4,6,9,11-12,16,25H,5,7-8,10H2,1H3/t16-,19+/m0/s1. The smallest absolute Gasteiger partial charge is 0.406 e. The van der Waals surface area contributed by atoms with Gasteiger partial charge in [0.25, 0.3) is 0 Å². The van der Waals surface area contributed by atoms with E-state index >= 15 is 0 Å². The molecule has 3 heterocycles. The third-order valence-corrected chi connectivity index (χ3v) is 5.48. The lowest BCUT2D eigenvalue weighted by molar-refractivity contribution is -0.274. The lowest BCUT2D eigenvalue weighted by atomic mass is 9.96. The van der Waals surface area contributed by atoms with E-state index < -0.39 is 11.9 Å². The zero-order valence-corrected chi connectivity index (χ0v) is 15.3. The van der Waals surface area contributed by atoms with Gasteiger partial charge in [0, 0.05) is 19.8 Å². The number of ether oxygens (including phenoxy) is 1. The van der Waals surface area contributed by atoms with E-state index in [1.165, 1.54) is 18.2 Å². The van der Waals surface area contributed by atoms with Gasteiger partial charge in [-0.3, -0.25) is 15.1 Å². The molecule has 0 bridgehead atoms. The minimum atomic E-state index is -4.73. The molecular formula is C20H20F3N3O2. The molecule has 0 saturated carbocycles. The summed E-state index contributed by atoms with van der Waals surface area (Å²) in [7, 11) is 1.81. The molecule has 0 unspecified atom stereocenters. The summed E-state index contributed by atoms with van der Waals surface area (Å²) >= 11 is 0. The Morgan fingerprint density at radius 2 is 2.00 bits per heavy atom. The van der Waals surface area contributed by atoms with Crippen molar-refractivity contribution < 1.29 is 22.7 Å². The van der Waals surface area contributed by atoms with Crippen LogP contribution in [0, 0.1) is 0 Å². The van der Waals surface area contributed by atoms with Gasteiger partial charge in [-0.05, 0) is 54.7 Å². The number of alkyl halides is 3. The second-order valence-corrected chi connectivity index (χ2v) is 7.34. The van der Waals surface area contributed by atoms with Crippen molar-refractivity contribution in [1.29, 1.82) is 0 Å². The first-order valence-corrected chi connectivity index (χ1v) is 9.11. The zero-order valence-electron chi connectivity index (χ0n) is 15.3. The number of hydrogen-bond donors (Lipinski definition) is 1. The highest BCUT2D eigenvalue weighted by atomic mass is 19.4. The molecule has 148 valence electrons. The van der Waals surface area contributed by atoms with E-state index in [0.717, 1.165) is 37.1 Å². The van der Waals surface area contributed by atoms with Crippen LogP contribution in [0.2, 0.25) is 0 Å². The second kappa shape index (κ2) is 6.77. The fourth-order valence-electron chi connectivity index (χ4n) is 4.08. The van der Waals surface area contributed by atoms with Crippen molar-refractivity contribution in [2.75, 3.05) is 13.6 Å². The van der Waals surface area contributed by atoms with Crippen LogP contribution in [0.1, 0.15) is 31.0 Å². The number of likely N-dealkylation sites (N-methyl/N-ethyl adjacent to an activating group) is 1. The number of rotatable bonds is 3. The number of pyridine rings is 1. The molecule has 2 fully saturated rings. The SMILES string of the molecule is CN1CC[C@]2(CC[C@@H](c3cc(-c4cccc(OC(F)(F)F)c4)ccn3)N2)C1=O. The Morgan fingerprint density at radius 3 is 2.71 bits per heavy atom. The number of halogens is 3. The summed E-state index contributed by atoms with van der Waals surface area (Å²) in [6, 6.07) is 9.40. The van der Waals surface area contributed by atoms with Gasteiger partial charge in [-0.1, -0.05) is 12.1 Å². The Labute approximate surface area is 160 Å². The molecule has 28 heavy (non-hydrogen) atoms. The van der Waals surface area contributed by atoms with Crippen molar-refractivity contribution in [3.05, 3.63) is 48.3 Å². The first-order valence-electron chi connectivity index (χ1n) is 9.11. The Kier molecular flexibility index (Phi) is 4.53. The molecule has 2 atom stereocenters. The van der Waals surface area contributed by atoms with Crippen LogP contribution in [0.5, 0.6) is 5.75 Å². The Balaban J connectivity index is 1.56. The number of hydrogen-bond acceptors (Lipinski definition) is 4. The van der Waals surface area contributed by atoms with Crippen LogP contribution in [0.3, 0.4) is 0 Å². The largest absolute Gasteiger partial charge is 0.573 e. The van der Waals surface area contributed by atoms with E-state index in [1.54, 1.807) is 30.3 Å². The van der Waals surface area contributed by atoms with Gasteiger partial charge in [0.2, 0.25) is 5.91 Å². The molecule has 1 aromatic carbocycles. The first kappa shape index (κ1) is 18.7. The van der Waals surface area contributed by atoms with Crippen molar-refractivity contribution in [3.8, 4) is 16.9 Å². The Morgan fingerprint density at radius 1 is 1.21 bits per heavy atom. The summed E-state index contributed by atoms with van der Waals surface area (Å²) in [6.45, 7) is 0.734. The monoisotopic (exact) mass is 391 g/mol. The van der Waals surface area contributed by atoms with Crippen LogP contribution in [0.4, 0.5) is 13.2 Å². The number of benzene rings is 1. The first-order chi connectivity index (χ1) is 13.3. The molecule has 2 aliphatic rings. The highest BCUT2D eigenvalue weighted by Gasteiger charge is 2.50. The third kappa shape index (κ3) is 3.56. The zero-order chi connectivity index (χ0) is 19.9. The van der Waals surface area contributed by atoms with E-state index in [9.17, 15) is 18.0 Å². The Bertz CT molecular complexity index is 902. The van der Waals surface area contributed by atoms with Gasteiger partial charge < -0.3 is 9.64 Å². The molecule has 5 nitrogen and oxygen atoms in total. The van der Waals surface area contributed by atoms with Crippen molar-refractivity contribution in [1.82, 2.24) is 15.2 Å². The van der Waals surface area contributed by atoms with Crippen molar-refractivity contribution >= 4 is 5.91 Å². The molecule has 4 rings (SSSR count). The van der Waals surface area contributed by atoms with Crippen LogP contribution in [0.25, 0.3) is 11.1 Å². The minimum Gasteiger partial charge on any atom is -0.406 e. The van der Waals surface area contributed by atoms with Gasteiger partial charge in [-0.2, -0.15) is 0 Å². The predicted octanol–water partition coefficient (Wildman–Crippen LogP) is 3.67. The topological polar surface area (TPSA) is 54.5 Å². The third-order valence-electron chi connectivity index (χ3n) is 5.48. The lowest BCUT2D eigenvalue weighted by Gasteiger charge is -2.23. The molecule has 8 heteroatoms. The quantitative estimate of drug-likeness (QED) is 0.868. The number of nitrogens with one attached hydrogen (secondary N) is 1. The van der Waals surface area contributed by atoms with E-state index in [-0.39, 0.29) is 17.7 Å². The van der Waals surface area contributed by atoms with Crippen molar-refractivity contribution in [2.45, 2.75) is 37.2 Å². The van der Waals surface area contributed by atoms with Crippen LogP contribution in [-0.2, 0) is 4.79 Å². The maximum atomic E-state index is 12.5. The predicted molar refractivity (Wildman–Crippen MR) is 96.5 cm³/mol. The molecule has 0 radical (unpaired) electrons. The highest BCUT2D eigenvalue weighted by Crippen LogP contribution is 2.39. The van der Waals surface area contributed by atoms with E-state index in [0.29, 0.717) is 5.56 Å². The lowest BCUT2D eigenvalue weighted by Crippen LogP contribution is -2.47. The summed E-state index contributed by atoms with van der Waals surface area (Å²) < 4.78 is 41.4. The van der Waals surface area contributed by atoms with E-state index in [2.05, 4.69) is 15.0 Å². The van der Waals surface area contributed by atoms with Gasteiger partial charge in [-0.25, -0.2) is 0 Å². The number of nitrogens with zero attached hydrogens (tertiary/aromatic N) is 2. The van der Waals surface area contributed by atoms with Gasteiger partial charge in [0.1, 0.15) is 11.3 Å². The molecule has 2 aromatic rings. The van der Waals surface area contributed by atoms with Gasteiger partial charge in [-0.15, -0.1) is 13.2 Å². The maximum absolute atomic E-state index is 12.5. The van der Waals surface area contributed by atoms with Crippen molar-refractivity contribution in [3.63, 3.8) is 0 Å². The number of carbonyl (C=O) groups is 1. The molecule has 1 amide bonds. The normalized spacial score (nSPS) is 24.9. The molecular weight excluding hydrogens is 371 g/mol. The van der Waals surface area contributed by atoms with E-state index in [4.69, 9.17) is 0 Å². The summed E-state index contributed by atoms with van der Waals surface area (Å²) in [6.07, 6.45) is -0.785. The average Bonchev–Trinajstić information content (AvgIpc) is 3.21. The minimum absolute atomic E-state index is 0.0648. The number of amides is 1. The highest BCUT2D eigenvalue weighted by molar-refractivity contribution is 5.88. The van der Waals surface area contributed by atoms with Gasteiger partial charge in [0.15, 0.2) is 0 Å². The summed E-state index contributed by atoms with van der Waals surface area (Å²) in [5.41, 5.74) is 1.61.